The van der Waals surface area contributed by atoms with Gasteiger partial charge in [0, 0.05) is 32.5 Å². The van der Waals surface area contributed by atoms with Crippen LogP contribution in [0.25, 0.3) is 0 Å². The van der Waals surface area contributed by atoms with Crippen LogP contribution in [-0.2, 0) is 20.8 Å². The summed E-state index contributed by atoms with van der Waals surface area (Å²) < 4.78 is 0. The van der Waals surface area contributed by atoms with Gasteiger partial charge in [-0.2, -0.15) is 0 Å². The van der Waals surface area contributed by atoms with Crippen LogP contribution in [0.1, 0.15) is 45.1 Å². The molecule has 0 fully saturated rings. The standard InChI is InChI=1S/C23H35N5O4/c1-23(2,21(31)32)11-10-19(29)28-18(16-17-8-4-3-5-9-17)20(30)24-12-6-7-13-25-22-26-14-15-27-22/h3-5,8-9,18H,6-7,10-16H2,1-2H3,(H,24,30)(H,28,29)(H,31,32)(H2,25,26,27). The van der Waals surface area contributed by atoms with Crippen molar-refractivity contribution in [3.05, 3.63) is 35.9 Å². The van der Waals surface area contributed by atoms with Gasteiger partial charge in [0.25, 0.3) is 0 Å². The Morgan fingerprint density at radius 1 is 1.16 bits per heavy atom. The van der Waals surface area contributed by atoms with Crippen molar-refractivity contribution in [2.45, 2.75) is 52.0 Å². The van der Waals surface area contributed by atoms with E-state index < -0.39 is 17.4 Å². The monoisotopic (exact) mass is 445 g/mol. The normalized spacial score (nSPS) is 14.1. The summed E-state index contributed by atoms with van der Waals surface area (Å²) in [5.74, 6) is -0.696. The SMILES string of the molecule is CC(C)(CCC(=O)NC(Cc1ccccc1)C(=O)NCCCCNC1=NCCN1)C(=O)O. The smallest absolute Gasteiger partial charge is 0.309 e. The number of aliphatic imine (C=N–C) groups is 1. The molecule has 176 valence electrons. The summed E-state index contributed by atoms with van der Waals surface area (Å²) in [7, 11) is 0. The lowest BCUT2D eigenvalue weighted by Crippen LogP contribution is -2.48. The highest BCUT2D eigenvalue weighted by Crippen LogP contribution is 2.22. The average molecular weight is 446 g/mol. The van der Waals surface area contributed by atoms with E-state index in [9.17, 15) is 19.5 Å². The molecule has 0 bridgehead atoms. The first kappa shape index (κ1) is 25.2. The highest BCUT2D eigenvalue weighted by atomic mass is 16.4. The molecular formula is C23H35N5O4. The van der Waals surface area contributed by atoms with E-state index >= 15 is 0 Å². The maximum absolute atomic E-state index is 12.8. The molecule has 5 N–H and O–H groups in total. The predicted octanol–water partition coefficient (Wildman–Crippen LogP) is 1.05. The van der Waals surface area contributed by atoms with E-state index in [4.69, 9.17) is 0 Å². The molecule has 2 rings (SSSR count). The van der Waals surface area contributed by atoms with Gasteiger partial charge < -0.3 is 26.4 Å². The van der Waals surface area contributed by atoms with Crippen molar-refractivity contribution < 1.29 is 19.5 Å². The van der Waals surface area contributed by atoms with Crippen LogP contribution in [-0.4, -0.2) is 61.1 Å². The number of nitrogens with zero attached hydrogens (tertiary/aromatic N) is 1. The maximum atomic E-state index is 12.8. The largest absolute Gasteiger partial charge is 0.481 e. The molecule has 0 aliphatic carbocycles. The van der Waals surface area contributed by atoms with Gasteiger partial charge in [-0.25, -0.2) is 0 Å². The van der Waals surface area contributed by atoms with Crippen LogP contribution in [0.15, 0.2) is 35.3 Å². The van der Waals surface area contributed by atoms with Crippen molar-refractivity contribution in [1.82, 2.24) is 21.3 Å². The number of carbonyl (C=O) groups excluding carboxylic acids is 2. The van der Waals surface area contributed by atoms with Crippen LogP contribution >= 0.6 is 0 Å². The fourth-order valence-corrected chi connectivity index (χ4v) is 3.17. The van der Waals surface area contributed by atoms with Crippen LogP contribution in [0.2, 0.25) is 0 Å². The number of rotatable bonds is 13. The minimum absolute atomic E-state index is 0.0431. The number of amides is 2. The Morgan fingerprint density at radius 3 is 2.53 bits per heavy atom. The van der Waals surface area contributed by atoms with Crippen LogP contribution in [0.5, 0.6) is 0 Å². The lowest BCUT2D eigenvalue weighted by atomic mass is 9.88. The van der Waals surface area contributed by atoms with E-state index in [0.29, 0.717) is 13.0 Å². The molecule has 0 spiro atoms. The molecule has 1 aliphatic rings. The Kier molecular flexibility index (Phi) is 9.97. The number of carboxylic acid groups (broad SMARTS) is 1. The van der Waals surface area contributed by atoms with Gasteiger partial charge in [-0.05, 0) is 38.7 Å². The van der Waals surface area contributed by atoms with Gasteiger partial charge in [-0.3, -0.25) is 19.4 Å². The lowest BCUT2D eigenvalue weighted by Gasteiger charge is -2.21. The third kappa shape index (κ3) is 8.95. The van der Waals surface area contributed by atoms with Crippen molar-refractivity contribution in [3.8, 4) is 0 Å². The second-order valence-electron chi connectivity index (χ2n) is 8.58. The molecule has 1 aromatic rings. The highest BCUT2D eigenvalue weighted by Gasteiger charge is 2.28. The fourth-order valence-electron chi connectivity index (χ4n) is 3.17. The predicted molar refractivity (Wildman–Crippen MR) is 123 cm³/mol. The number of unbranched alkanes of at least 4 members (excludes halogenated alkanes) is 1. The second kappa shape index (κ2) is 12.7. The van der Waals surface area contributed by atoms with Crippen LogP contribution in [0.4, 0.5) is 0 Å². The van der Waals surface area contributed by atoms with Gasteiger partial charge in [-0.1, -0.05) is 30.3 Å². The second-order valence-corrected chi connectivity index (χ2v) is 8.58. The minimum atomic E-state index is -0.998. The molecule has 0 saturated heterocycles. The Bertz CT molecular complexity index is 795. The summed E-state index contributed by atoms with van der Waals surface area (Å²) in [4.78, 5) is 40.7. The number of carboxylic acids is 1. The first-order chi connectivity index (χ1) is 15.3. The molecule has 0 radical (unpaired) electrons. The average Bonchev–Trinajstić information content (AvgIpc) is 3.28. The van der Waals surface area contributed by atoms with E-state index in [0.717, 1.165) is 44.0 Å². The number of hydrogen-bond acceptors (Lipinski definition) is 6. The van der Waals surface area contributed by atoms with Crippen molar-refractivity contribution in [1.29, 1.82) is 0 Å². The first-order valence-corrected chi connectivity index (χ1v) is 11.1. The van der Waals surface area contributed by atoms with E-state index in [1.165, 1.54) is 0 Å². The summed E-state index contributed by atoms with van der Waals surface area (Å²) in [6, 6.07) is 8.77. The number of nitrogens with one attached hydrogen (secondary N) is 4. The zero-order valence-corrected chi connectivity index (χ0v) is 18.9. The summed E-state index contributed by atoms with van der Waals surface area (Å²) in [6.45, 7) is 6.10. The molecule has 1 unspecified atom stereocenters. The third-order valence-electron chi connectivity index (χ3n) is 5.36. The summed E-state index contributed by atoms with van der Waals surface area (Å²) in [5, 5.41) is 21.3. The Hall–Kier alpha value is -3.10. The fraction of sp³-hybridized carbons (Fsp3) is 0.565. The molecule has 32 heavy (non-hydrogen) atoms. The van der Waals surface area contributed by atoms with Gasteiger partial charge in [0.05, 0.1) is 12.0 Å². The molecule has 2 amide bonds. The Morgan fingerprint density at radius 2 is 1.88 bits per heavy atom. The zero-order valence-electron chi connectivity index (χ0n) is 18.9. The molecular weight excluding hydrogens is 410 g/mol. The molecule has 9 nitrogen and oxygen atoms in total. The van der Waals surface area contributed by atoms with Crippen LogP contribution < -0.4 is 21.3 Å². The summed E-state index contributed by atoms with van der Waals surface area (Å²) in [5.41, 5.74) is -0.0600. The number of guanidine groups is 1. The van der Waals surface area contributed by atoms with Crippen molar-refractivity contribution in [2.75, 3.05) is 26.2 Å². The maximum Gasteiger partial charge on any atom is 0.309 e. The first-order valence-electron chi connectivity index (χ1n) is 11.1. The molecule has 9 heteroatoms. The molecule has 0 aromatic heterocycles. The highest BCUT2D eigenvalue weighted by molar-refractivity contribution is 5.88. The van der Waals surface area contributed by atoms with Crippen LogP contribution in [0, 0.1) is 5.41 Å². The van der Waals surface area contributed by atoms with Gasteiger partial charge in [0.15, 0.2) is 5.96 Å². The number of hydrogen-bond donors (Lipinski definition) is 5. The Labute approximate surface area is 189 Å². The van der Waals surface area contributed by atoms with E-state index in [1.807, 2.05) is 30.3 Å². The van der Waals surface area contributed by atoms with Crippen molar-refractivity contribution in [2.24, 2.45) is 10.4 Å². The van der Waals surface area contributed by atoms with Gasteiger partial charge in [-0.15, -0.1) is 0 Å². The molecule has 1 aromatic carbocycles. The van der Waals surface area contributed by atoms with Gasteiger partial charge >= 0.3 is 5.97 Å². The summed E-state index contributed by atoms with van der Waals surface area (Å²) in [6.07, 6.45) is 2.28. The van der Waals surface area contributed by atoms with E-state index in [-0.39, 0.29) is 24.7 Å². The van der Waals surface area contributed by atoms with Crippen molar-refractivity contribution >= 4 is 23.7 Å². The van der Waals surface area contributed by atoms with E-state index in [2.05, 4.69) is 26.3 Å². The quantitative estimate of drug-likeness (QED) is 0.288. The van der Waals surface area contributed by atoms with E-state index in [1.54, 1.807) is 13.8 Å². The van der Waals surface area contributed by atoms with Crippen LogP contribution in [0.3, 0.4) is 0 Å². The number of aliphatic carboxylic acids is 1. The number of benzene rings is 1. The molecule has 0 saturated carbocycles. The zero-order chi connectivity index (χ0) is 23.4. The van der Waals surface area contributed by atoms with Crippen molar-refractivity contribution in [3.63, 3.8) is 0 Å². The summed E-state index contributed by atoms with van der Waals surface area (Å²) >= 11 is 0. The number of carbonyl (C=O) groups is 3. The lowest BCUT2D eigenvalue weighted by molar-refractivity contribution is -0.147. The molecule has 1 aliphatic heterocycles. The van der Waals surface area contributed by atoms with Gasteiger partial charge in [0.1, 0.15) is 6.04 Å². The Balaban J connectivity index is 1.81. The topological polar surface area (TPSA) is 132 Å². The third-order valence-corrected chi connectivity index (χ3v) is 5.36. The minimum Gasteiger partial charge on any atom is -0.481 e. The molecule has 1 heterocycles. The molecule has 1 atom stereocenters. The van der Waals surface area contributed by atoms with Gasteiger partial charge in [0.2, 0.25) is 11.8 Å².